The molecule has 1 aromatic rings. The predicted octanol–water partition coefficient (Wildman–Crippen LogP) is 1.37. The number of ether oxygens (including phenoxy) is 1. The molecule has 1 aromatic carbocycles. The highest BCUT2D eigenvalue weighted by Crippen LogP contribution is 2.22. The van der Waals surface area contributed by atoms with E-state index >= 15 is 0 Å². The fraction of sp³-hybridized carbons (Fsp3) is 0.500. The zero-order valence-electron chi connectivity index (χ0n) is 11.8. The summed E-state index contributed by atoms with van der Waals surface area (Å²) >= 11 is 0. The summed E-state index contributed by atoms with van der Waals surface area (Å²) in [5.41, 5.74) is 0.548. The van der Waals surface area contributed by atoms with Crippen molar-refractivity contribution in [2.45, 2.75) is 37.2 Å². The molecule has 0 radical (unpaired) electrons. The van der Waals surface area contributed by atoms with Gasteiger partial charge in [0.1, 0.15) is 0 Å². The Balaban J connectivity index is 2.01. The summed E-state index contributed by atoms with van der Waals surface area (Å²) in [5, 5.41) is 8.91. The summed E-state index contributed by atoms with van der Waals surface area (Å²) in [5.74, 6) is -1.29. The van der Waals surface area contributed by atoms with Crippen molar-refractivity contribution in [3.63, 3.8) is 0 Å². The average Bonchev–Trinajstić information content (AvgIpc) is 2.85. The summed E-state index contributed by atoms with van der Waals surface area (Å²) in [7, 11) is -1.87. The molecule has 0 amide bonds. The van der Waals surface area contributed by atoms with Crippen LogP contribution in [0.3, 0.4) is 0 Å². The van der Waals surface area contributed by atoms with E-state index in [4.69, 9.17) is 9.84 Å². The number of nitrogens with one attached hydrogen (secondary N) is 1. The van der Waals surface area contributed by atoms with Gasteiger partial charge >= 0.3 is 5.97 Å². The van der Waals surface area contributed by atoms with Crippen molar-refractivity contribution in [2.24, 2.45) is 0 Å². The lowest BCUT2D eigenvalue weighted by Gasteiger charge is -2.13. The molecule has 1 aliphatic rings. The fourth-order valence-corrected chi connectivity index (χ4v) is 3.99. The molecule has 6 nitrogen and oxygen atoms in total. The normalized spacial score (nSPS) is 22.3. The smallest absolute Gasteiger partial charge is 0.335 e. The highest BCUT2D eigenvalue weighted by molar-refractivity contribution is 7.88. The Morgan fingerprint density at radius 3 is 2.81 bits per heavy atom. The molecule has 1 saturated carbocycles. The van der Waals surface area contributed by atoms with Crippen LogP contribution in [0.5, 0.6) is 0 Å². The van der Waals surface area contributed by atoms with Crippen LogP contribution in [0, 0.1) is 0 Å². The molecule has 2 atom stereocenters. The first kappa shape index (κ1) is 15.9. The molecular weight excluding hydrogens is 294 g/mol. The third-order valence-corrected chi connectivity index (χ3v) is 5.00. The summed E-state index contributed by atoms with van der Waals surface area (Å²) in [6.45, 7) is 0. The molecule has 0 bridgehead atoms. The molecule has 0 heterocycles. The summed E-state index contributed by atoms with van der Waals surface area (Å²) in [6, 6.07) is 5.87. The van der Waals surface area contributed by atoms with Crippen LogP contribution < -0.4 is 4.72 Å². The summed E-state index contributed by atoms with van der Waals surface area (Å²) in [6.07, 6.45) is 2.38. The van der Waals surface area contributed by atoms with Crippen LogP contribution in [0.25, 0.3) is 0 Å². The van der Waals surface area contributed by atoms with Crippen LogP contribution in [0.1, 0.15) is 35.2 Å². The lowest BCUT2D eigenvalue weighted by Crippen LogP contribution is -2.34. The number of carboxylic acid groups (broad SMARTS) is 1. The maximum atomic E-state index is 12.1. The molecule has 0 saturated heterocycles. The summed E-state index contributed by atoms with van der Waals surface area (Å²) < 4.78 is 32.1. The SMILES string of the molecule is COC1CCC(NS(=O)(=O)Cc2cccc(C(=O)O)c2)C1. The lowest BCUT2D eigenvalue weighted by atomic mass is 10.1. The first-order valence-electron chi connectivity index (χ1n) is 6.74. The number of carboxylic acids is 1. The minimum Gasteiger partial charge on any atom is -0.478 e. The van der Waals surface area contributed by atoms with E-state index in [9.17, 15) is 13.2 Å². The lowest BCUT2D eigenvalue weighted by molar-refractivity contribution is 0.0696. The third kappa shape index (κ3) is 4.52. The summed E-state index contributed by atoms with van der Waals surface area (Å²) in [4.78, 5) is 10.9. The van der Waals surface area contributed by atoms with Gasteiger partial charge in [-0.15, -0.1) is 0 Å². The van der Waals surface area contributed by atoms with Gasteiger partial charge in [-0.1, -0.05) is 12.1 Å². The molecule has 1 aliphatic carbocycles. The highest BCUT2D eigenvalue weighted by atomic mass is 32.2. The van der Waals surface area contributed by atoms with Crippen molar-refractivity contribution in [3.8, 4) is 0 Å². The van der Waals surface area contributed by atoms with Crippen molar-refractivity contribution < 1.29 is 23.1 Å². The maximum absolute atomic E-state index is 12.1. The zero-order chi connectivity index (χ0) is 15.5. The Hall–Kier alpha value is -1.44. The zero-order valence-corrected chi connectivity index (χ0v) is 12.6. The Morgan fingerprint density at radius 1 is 1.43 bits per heavy atom. The van der Waals surface area contributed by atoms with E-state index in [1.807, 2.05) is 0 Å². The standard InChI is InChI=1S/C14H19NO5S/c1-20-13-6-5-12(8-13)15-21(18,19)9-10-3-2-4-11(7-10)14(16)17/h2-4,7,12-13,15H,5-6,8-9H2,1H3,(H,16,17). The van der Waals surface area contributed by atoms with Gasteiger partial charge in [-0.3, -0.25) is 0 Å². The second-order valence-corrected chi connectivity index (χ2v) is 7.00. The minimum absolute atomic E-state index is 0.0861. The van der Waals surface area contributed by atoms with Gasteiger partial charge in [0.05, 0.1) is 17.4 Å². The van der Waals surface area contributed by atoms with E-state index in [-0.39, 0.29) is 23.5 Å². The number of benzene rings is 1. The third-order valence-electron chi connectivity index (χ3n) is 3.59. The van der Waals surface area contributed by atoms with E-state index in [1.54, 1.807) is 19.2 Å². The Morgan fingerprint density at radius 2 is 2.19 bits per heavy atom. The number of sulfonamides is 1. The van der Waals surface area contributed by atoms with Crippen LogP contribution in [-0.4, -0.2) is 38.7 Å². The van der Waals surface area contributed by atoms with E-state index in [1.165, 1.54) is 12.1 Å². The molecular formula is C14H19NO5S. The first-order chi connectivity index (χ1) is 9.89. The van der Waals surface area contributed by atoms with Gasteiger partial charge in [0.2, 0.25) is 10.0 Å². The molecule has 2 N–H and O–H groups in total. The van der Waals surface area contributed by atoms with Gasteiger partial charge in [0.15, 0.2) is 0 Å². The van der Waals surface area contributed by atoms with Gasteiger partial charge in [-0.05, 0) is 37.0 Å². The molecule has 0 aliphatic heterocycles. The van der Waals surface area contributed by atoms with Crippen molar-refractivity contribution in [1.82, 2.24) is 4.72 Å². The van der Waals surface area contributed by atoms with Crippen molar-refractivity contribution in [2.75, 3.05) is 7.11 Å². The topological polar surface area (TPSA) is 92.7 Å². The van der Waals surface area contributed by atoms with E-state index in [0.717, 1.165) is 12.8 Å². The van der Waals surface area contributed by atoms with Crippen LogP contribution >= 0.6 is 0 Å². The highest BCUT2D eigenvalue weighted by Gasteiger charge is 2.28. The first-order valence-corrected chi connectivity index (χ1v) is 8.40. The molecule has 7 heteroatoms. The number of aromatic carboxylic acids is 1. The van der Waals surface area contributed by atoms with Crippen LogP contribution in [0.15, 0.2) is 24.3 Å². The Kier molecular flexibility index (Phi) is 4.97. The maximum Gasteiger partial charge on any atom is 0.335 e. The number of carbonyl (C=O) groups is 1. The number of rotatable bonds is 6. The number of hydrogen-bond acceptors (Lipinski definition) is 4. The average molecular weight is 313 g/mol. The van der Waals surface area contributed by atoms with Crippen LogP contribution in [0.2, 0.25) is 0 Å². The van der Waals surface area contributed by atoms with Crippen molar-refractivity contribution in [3.05, 3.63) is 35.4 Å². The van der Waals surface area contributed by atoms with Crippen LogP contribution in [-0.2, 0) is 20.5 Å². The molecule has 0 aromatic heterocycles. The van der Waals surface area contributed by atoms with Crippen molar-refractivity contribution in [1.29, 1.82) is 0 Å². The van der Waals surface area contributed by atoms with Gasteiger partial charge in [-0.2, -0.15) is 0 Å². The Bertz CT molecular complexity index is 614. The quantitative estimate of drug-likeness (QED) is 0.827. The second-order valence-electron chi connectivity index (χ2n) is 5.25. The monoisotopic (exact) mass is 313 g/mol. The predicted molar refractivity (Wildman–Crippen MR) is 77.6 cm³/mol. The number of hydrogen-bond donors (Lipinski definition) is 2. The Labute approximate surface area is 124 Å². The van der Waals surface area contributed by atoms with Crippen LogP contribution in [0.4, 0.5) is 0 Å². The van der Waals surface area contributed by atoms with E-state index < -0.39 is 16.0 Å². The largest absolute Gasteiger partial charge is 0.478 e. The molecule has 1 fully saturated rings. The van der Waals surface area contributed by atoms with Crippen molar-refractivity contribution >= 4 is 16.0 Å². The molecule has 21 heavy (non-hydrogen) atoms. The molecule has 2 unspecified atom stereocenters. The second kappa shape index (κ2) is 6.55. The van der Waals surface area contributed by atoms with Gasteiger partial charge in [-0.25, -0.2) is 17.9 Å². The number of methoxy groups -OCH3 is 1. The van der Waals surface area contributed by atoms with Gasteiger partial charge in [0, 0.05) is 13.2 Å². The molecule has 2 rings (SSSR count). The van der Waals surface area contributed by atoms with E-state index in [0.29, 0.717) is 12.0 Å². The van der Waals surface area contributed by atoms with Gasteiger partial charge < -0.3 is 9.84 Å². The fourth-order valence-electron chi connectivity index (χ4n) is 2.57. The minimum atomic E-state index is -3.49. The van der Waals surface area contributed by atoms with Gasteiger partial charge in [0.25, 0.3) is 0 Å². The molecule has 0 spiro atoms. The van der Waals surface area contributed by atoms with E-state index in [2.05, 4.69) is 4.72 Å². The molecule has 116 valence electrons.